The first-order valence-corrected chi connectivity index (χ1v) is 5.95. The van der Waals surface area contributed by atoms with Crippen LogP contribution in [-0.2, 0) is 28.6 Å². The van der Waals surface area contributed by atoms with Gasteiger partial charge >= 0.3 is 109 Å². The normalized spacial score (nSPS) is 9.88. The zero-order valence-corrected chi connectivity index (χ0v) is 22.1. The zero-order chi connectivity index (χ0) is 18.4. The summed E-state index contributed by atoms with van der Waals surface area (Å²) in [6, 6.07) is 0. The van der Waals surface area contributed by atoms with Gasteiger partial charge in [0.2, 0.25) is 0 Å². The van der Waals surface area contributed by atoms with Crippen molar-refractivity contribution in [2.75, 3.05) is 41.7 Å². The molecule has 12 heteroatoms. The molecule has 0 heterocycles. The van der Waals surface area contributed by atoms with Crippen LogP contribution in [0, 0.1) is 0 Å². The Hall–Kier alpha value is 1.81. The summed E-state index contributed by atoms with van der Waals surface area (Å²) in [7, 11) is 5.84. The van der Waals surface area contributed by atoms with E-state index in [4.69, 9.17) is 29.7 Å². The number of aliphatic hydroxyl groups excluding tert-OH is 2. The van der Waals surface area contributed by atoms with Crippen molar-refractivity contribution >= 4 is 12.6 Å². The van der Waals surface area contributed by atoms with E-state index in [1.807, 2.05) is 6.92 Å². The van der Waals surface area contributed by atoms with Crippen LogP contribution < -0.4 is 108 Å². The zero-order valence-electron chi connectivity index (χ0n) is 16.8. The van der Waals surface area contributed by atoms with Crippen molar-refractivity contribution < 1.29 is 153 Å². The van der Waals surface area contributed by atoms with Gasteiger partial charge in [0.15, 0.2) is 0 Å². The number of hydrogen-bond acceptors (Lipinski definition) is 10. The van der Waals surface area contributed by atoms with E-state index in [0.29, 0.717) is 6.61 Å². The van der Waals surface area contributed by atoms with Crippen LogP contribution in [0.4, 0.5) is 4.79 Å². The van der Waals surface area contributed by atoms with E-state index in [0.717, 1.165) is 0 Å². The van der Waals surface area contributed by atoms with E-state index in [9.17, 15) is 4.79 Å². The molecule has 0 fully saturated rings. The molecule has 0 saturated heterocycles. The number of carbonyl (C=O) groups excluding carboxylic acids is 2. The summed E-state index contributed by atoms with van der Waals surface area (Å²) in [4.78, 5) is 21.0. The SMILES string of the molecule is CC(O)CO.COC(=O)OC.COCC(C)OC.O=CO[O-].[H-].[K+].[K+]. The van der Waals surface area contributed by atoms with E-state index >= 15 is 0 Å². The van der Waals surface area contributed by atoms with Gasteiger partial charge in [-0.25, -0.2) is 4.79 Å². The molecule has 0 radical (unpaired) electrons. The summed E-state index contributed by atoms with van der Waals surface area (Å²) >= 11 is 0. The maximum Gasteiger partial charge on any atom is 1.00 e. The molecule has 0 aliphatic rings. The van der Waals surface area contributed by atoms with Gasteiger partial charge in [-0.05, 0) is 13.8 Å². The van der Waals surface area contributed by atoms with Crippen molar-refractivity contribution in [3.05, 3.63) is 0 Å². The summed E-state index contributed by atoms with van der Waals surface area (Å²) in [6.07, 6.45) is -0.991. The van der Waals surface area contributed by atoms with Gasteiger partial charge < -0.3 is 40.7 Å². The Morgan fingerprint density at radius 2 is 1.50 bits per heavy atom. The Balaban J connectivity index is -0.0000000338. The summed E-state index contributed by atoms with van der Waals surface area (Å²) in [5.41, 5.74) is 0. The minimum absolute atomic E-state index is 0. The molecule has 0 aromatic heterocycles. The van der Waals surface area contributed by atoms with Gasteiger partial charge in [0.05, 0.1) is 39.6 Å². The van der Waals surface area contributed by atoms with Crippen molar-refractivity contribution in [1.29, 1.82) is 0 Å². The second kappa shape index (κ2) is 39.8. The van der Waals surface area contributed by atoms with Gasteiger partial charge in [-0.1, -0.05) is 0 Å². The minimum Gasteiger partial charge on any atom is -1.00 e. The smallest absolute Gasteiger partial charge is 1.00 e. The van der Waals surface area contributed by atoms with Gasteiger partial charge in [0.25, 0.3) is 6.47 Å². The Morgan fingerprint density at radius 3 is 1.54 bits per heavy atom. The Labute approximate surface area is 229 Å². The Kier molecular flexibility index (Phi) is 67.1. The molecule has 0 aromatic carbocycles. The van der Waals surface area contributed by atoms with E-state index in [1.54, 1.807) is 14.2 Å². The number of rotatable bonds is 5. The fourth-order valence-electron chi connectivity index (χ4n) is 0.386. The van der Waals surface area contributed by atoms with Crippen LogP contribution in [0.15, 0.2) is 0 Å². The third-order valence-electron chi connectivity index (χ3n) is 1.44. The van der Waals surface area contributed by atoms with Crippen molar-refractivity contribution in [2.45, 2.75) is 26.1 Å². The quantitative estimate of drug-likeness (QED) is 0.147. The predicted octanol–water partition coefficient (Wildman–Crippen LogP) is -7.02. The van der Waals surface area contributed by atoms with Crippen LogP contribution in [0.3, 0.4) is 0 Å². The average molecular weight is 411 g/mol. The van der Waals surface area contributed by atoms with Crippen LogP contribution in [0.25, 0.3) is 0 Å². The number of aliphatic hydroxyl groups is 2. The third-order valence-corrected chi connectivity index (χ3v) is 1.44. The van der Waals surface area contributed by atoms with Gasteiger partial charge in [-0.2, -0.15) is 0 Å². The number of ether oxygens (including phenoxy) is 4. The second-order valence-corrected chi connectivity index (χ2v) is 3.38. The third kappa shape index (κ3) is 65.0. The Morgan fingerprint density at radius 1 is 1.17 bits per heavy atom. The molecular weight excluding hydrogens is 382 g/mol. The van der Waals surface area contributed by atoms with Crippen molar-refractivity contribution in [3.63, 3.8) is 0 Å². The fraction of sp³-hybridized carbons (Fsp3) is 0.833. The topological polar surface area (TPSA) is 144 Å². The van der Waals surface area contributed by atoms with E-state index in [1.165, 1.54) is 21.1 Å². The maximum atomic E-state index is 9.74. The van der Waals surface area contributed by atoms with Gasteiger partial charge in [0, 0.05) is 14.2 Å². The predicted molar refractivity (Wildman–Crippen MR) is 74.8 cm³/mol. The van der Waals surface area contributed by atoms with Crippen LogP contribution in [0.1, 0.15) is 15.3 Å². The van der Waals surface area contributed by atoms with Gasteiger partial charge in [0.1, 0.15) is 0 Å². The first kappa shape index (κ1) is 40.5. The van der Waals surface area contributed by atoms with E-state index in [-0.39, 0.29) is 123 Å². The van der Waals surface area contributed by atoms with Gasteiger partial charge in [-0.3, -0.25) is 4.79 Å². The van der Waals surface area contributed by atoms with Crippen LogP contribution in [-0.4, -0.2) is 76.7 Å². The molecule has 24 heavy (non-hydrogen) atoms. The molecule has 0 saturated carbocycles. The molecular formula is C12H28K2O10. The molecule has 10 nitrogen and oxygen atoms in total. The van der Waals surface area contributed by atoms with Crippen molar-refractivity contribution in [3.8, 4) is 0 Å². The van der Waals surface area contributed by atoms with E-state index < -0.39 is 12.3 Å². The van der Waals surface area contributed by atoms with Crippen molar-refractivity contribution in [1.82, 2.24) is 0 Å². The summed E-state index contributed by atoms with van der Waals surface area (Å²) in [5, 5.41) is 24.4. The first-order chi connectivity index (χ1) is 10.3. The molecule has 0 spiro atoms. The standard InChI is InChI=1S/C5H12O2.C3H6O3.C3H8O2.CH2O3.2K.H/c1-5(7-3)4-6-2;1-5-3(4)6-2;1-3(5)2-4;2-1-4-3;;;/h5H,4H2,1-3H3;1-2H3;3-5H,2H2,1H3;1,3H;;;/q;;;;2*+1;-1/p-1. The molecule has 0 aliphatic heterocycles. The Bertz CT molecular complexity index is 220. The summed E-state index contributed by atoms with van der Waals surface area (Å²) in [6.45, 7) is 3.85. The number of methoxy groups -OCH3 is 4. The average Bonchev–Trinajstić information content (AvgIpc) is 2.55. The molecule has 2 N–H and O–H groups in total. The molecule has 0 amide bonds. The van der Waals surface area contributed by atoms with Crippen LogP contribution >= 0.6 is 0 Å². The molecule has 138 valence electrons. The second-order valence-electron chi connectivity index (χ2n) is 3.38. The fourth-order valence-corrected chi connectivity index (χ4v) is 0.386. The molecule has 0 aromatic rings. The summed E-state index contributed by atoms with van der Waals surface area (Å²) < 4.78 is 17.7. The minimum atomic E-state index is -0.657. The molecule has 0 rings (SSSR count). The monoisotopic (exact) mass is 410 g/mol. The molecule has 0 aliphatic carbocycles. The molecule has 2 atom stereocenters. The number of hydrogen-bond donors (Lipinski definition) is 2. The maximum absolute atomic E-state index is 9.74. The first-order valence-electron chi connectivity index (χ1n) is 5.95. The molecule has 0 bridgehead atoms. The molecule has 2 unspecified atom stereocenters. The largest absolute Gasteiger partial charge is 1.00 e. The summed E-state index contributed by atoms with van der Waals surface area (Å²) in [5.74, 6) is 0. The van der Waals surface area contributed by atoms with Crippen molar-refractivity contribution in [2.24, 2.45) is 0 Å². The number of carbonyl (C=O) groups is 2. The van der Waals surface area contributed by atoms with E-state index in [2.05, 4.69) is 14.4 Å². The van der Waals surface area contributed by atoms with Gasteiger partial charge in [-0.15, -0.1) is 0 Å². The van der Waals surface area contributed by atoms with Crippen LogP contribution in [0.5, 0.6) is 0 Å². The van der Waals surface area contributed by atoms with Crippen LogP contribution in [0.2, 0.25) is 0 Å².